The van der Waals surface area contributed by atoms with Crippen LogP contribution in [0.4, 0.5) is 4.39 Å². The third kappa shape index (κ3) is 3.54. The third-order valence-corrected chi connectivity index (χ3v) is 2.78. The summed E-state index contributed by atoms with van der Waals surface area (Å²) in [7, 11) is 0. The average Bonchev–Trinajstić information content (AvgIpc) is 2.30. The van der Waals surface area contributed by atoms with E-state index in [2.05, 4.69) is 23.7 Å². The number of hydrogen-bond acceptors (Lipinski definition) is 3. The summed E-state index contributed by atoms with van der Waals surface area (Å²) in [6.45, 7) is 6.81. The van der Waals surface area contributed by atoms with Gasteiger partial charge in [-0.1, -0.05) is 13.8 Å². The van der Waals surface area contributed by atoms with Gasteiger partial charge in [0.15, 0.2) is 0 Å². The Morgan fingerprint density at radius 3 is 2.69 bits per heavy atom. The molecule has 0 aliphatic carbocycles. The van der Waals surface area contributed by atoms with Gasteiger partial charge in [0.05, 0.1) is 12.3 Å². The Bertz CT molecular complexity index is 316. The maximum absolute atomic E-state index is 13.3. The molecule has 1 unspecified atom stereocenters. The van der Waals surface area contributed by atoms with Crippen molar-refractivity contribution >= 4 is 0 Å². The molecule has 16 heavy (non-hydrogen) atoms. The minimum absolute atomic E-state index is 0.335. The van der Waals surface area contributed by atoms with Crippen molar-refractivity contribution in [2.24, 2.45) is 0 Å². The monoisotopic (exact) mass is 226 g/mol. The van der Waals surface area contributed by atoms with Crippen LogP contribution in [0, 0.1) is 5.82 Å². The van der Waals surface area contributed by atoms with Crippen molar-refractivity contribution in [2.75, 3.05) is 19.6 Å². The highest BCUT2D eigenvalue weighted by Gasteiger charge is 2.13. The lowest BCUT2D eigenvalue weighted by Crippen LogP contribution is -2.25. The van der Waals surface area contributed by atoms with E-state index in [9.17, 15) is 9.50 Å². The number of rotatable bonds is 6. The van der Waals surface area contributed by atoms with Crippen molar-refractivity contribution in [3.63, 3.8) is 0 Å². The van der Waals surface area contributed by atoms with Crippen LogP contribution in [0.5, 0.6) is 0 Å². The Morgan fingerprint density at radius 2 is 2.12 bits per heavy atom. The zero-order valence-corrected chi connectivity index (χ0v) is 9.86. The highest BCUT2D eigenvalue weighted by Crippen LogP contribution is 2.19. The van der Waals surface area contributed by atoms with Crippen LogP contribution in [0.15, 0.2) is 18.5 Å². The van der Waals surface area contributed by atoms with Crippen molar-refractivity contribution in [1.82, 2.24) is 9.88 Å². The summed E-state index contributed by atoms with van der Waals surface area (Å²) in [4.78, 5) is 5.86. The van der Waals surface area contributed by atoms with Gasteiger partial charge < -0.3 is 10.0 Å². The Labute approximate surface area is 95.9 Å². The summed E-state index contributed by atoms with van der Waals surface area (Å²) in [6.07, 6.45) is 2.43. The molecule has 0 bridgehead atoms. The predicted octanol–water partition coefficient (Wildman–Crippen LogP) is 1.99. The first-order valence-electron chi connectivity index (χ1n) is 5.68. The number of pyridine rings is 1. The topological polar surface area (TPSA) is 36.4 Å². The standard InChI is InChI=1S/C12H19FN2O/c1-3-15(4-2)8-6-12(16)10-5-7-14-9-11(10)13/h5,7,9,12,16H,3-4,6,8H2,1-2H3. The molecule has 0 aromatic carbocycles. The van der Waals surface area contributed by atoms with Crippen LogP contribution in [0.3, 0.4) is 0 Å². The molecule has 0 saturated heterocycles. The molecular formula is C12H19FN2O. The number of halogens is 1. The van der Waals surface area contributed by atoms with Crippen LogP contribution in [-0.4, -0.2) is 34.6 Å². The first-order valence-corrected chi connectivity index (χ1v) is 5.68. The number of nitrogens with zero attached hydrogens (tertiary/aromatic N) is 2. The second-order valence-corrected chi connectivity index (χ2v) is 3.73. The summed E-state index contributed by atoms with van der Waals surface area (Å²) in [6, 6.07) is 1.53. The highest BCUT2D eigenvalue weighted by atomic mass is 19.1. The van der Waals surface area contributed by atoms with E-state index in [0.29, 0.717) is 12.0 Å². The molecule has 0 radical (unpaired) electrons. The third-order valence-electron chi connectivity index (χ3n) is 2.78. The van der Waals surface area contributed by atoms with Gasteiger partial charge in [0.1, 0.15) is 5.82 Å². The summed E-state index contributed by atoms with van der Waals surface area (Å²) < 4.78 is 13.3. The summed E-state index contributed by atoms with van der Waals surface area (Å²) >= 11 is 0. The fraction of sp³-hybridized carbons (Fsp3) is 0.583. The SMILES string of the molecule is CCN(CC)CCC(O)c1ccncc1F. The molecule has 1 aromatic heterocycles. The van der Waals surface area contributed by atoms with Crippen molar-refractivity contribution in [1.29, 1.82) is 0 Å². The zero-order chi connectivity index (χ0) is 12.0. The molecule has 1 rings (SSSR count). The fourth-order valence-electron chi connectivity index (χ4n) is 1.66. The van der Waals surface area contributed by atoms with Crippen LogP contribution in [-0.2, 0) is 0 Å². The van der Waals surface area contributed by atoms with Gasteiger partial charge in [-0.15, -0.1) is 0 Å². The molecule has 1 atom stereocenters. The maximum atomic E-state index is 13.3. The molecule has 0 spiro atoms. The molecule has 3 nitrogen and oxygen atoms in total. The minimum Gasteiger partial charge on any atom is -0.388 e. The lowest BCUT2D eigenvalue weighted by atomic mass is 10.1. The molecule has 0 fully saturated rings. The van der Waals surface area contributed by atoms with Crippen molar-refractivity contribution in [3.8, 4) is 0 Å². The van der Waals surface area contributed by atoms with Crippen molar-refractivity contribution < 1.29 is 9.50 Å². The quantitative estimate of drug-likeness (QED) is 0.805. The second kappa shape index (κ2) is 6.55. The van der Waals surface area contributed by atoms with Crippen LogP contribution in [0.1, 0.15) is 31.9 Å². The molecule has 0 aliphatic heterocycles. The lowest BCUT2D eigenvalue weighted by Gasteiger charge is -2.20. The van der Waals surface area contributed by atoms with E-state index in [-0.39, 0.29) is 0 Å². The fourth-order valence-corrected chi connectivity index (χ4v) is 1.66. The van der Waals surface area contributed by atoms with E-state index >= 15 is 0 Å². The number of aliphatic hydroxyl groups excluding tert-OH is 1. The Morgan fingerprint density at radius 1 is 1.44 bits per heavy atom. The molecule has 1 aromatic rings. The van der Waals surface area contributed by atoms with E-state index in [1.165, 1.54) is 12.3 Å². The molecular weight excluding hydrogens is 207 g/mol. The molecule has 1 heterocycles. The van der Waals surface area contributed by atoms with Gasteiger partial charge in [0.2, 0.25) is 0 Å². The van der Waals surface area contributed by atoms with E-state index < -0.39 is 11.9 Å². The first-order chi connectivity index (χ1) is 7.69. The average molecular weight is 226 g/mol. The normalized spacial score (nSPS) is 13.1. The van der Waals surface area contributed by atoms with Crippen LogP contribution in [0.25, 0.3) is 0 Å². The summed E-state index contributed by atoms with van der Waals surface area (Å²) in [5, 5.41) is 9.85. The number of aliphatic hydroxyl groups is 1. The van der Waals surface area contributed by atoms with Crippen molar-refractivity contribution in [3.05, 3.63) is 29.8 Å². The van der Waals surface area contributed by atoms with E-state index in [4.69, 9.17) is 0 Å². The molecule has 90 valence electrons. The Kier molecular flexibility index (Phi) is 5.35. The van der Waals surface area contributed by atoms with E-state index in [1.807, 2.05) is 0 Å². The van der Waals surface area contributed by atoms with E-state index in [0.717, 1.165) is 25.8 Å². The van der Waals surface area contributed by atoms with Gasteiger partial charge in [-0.05, 0) is 25.6 Å². The number of hydrogen-bond donors (Lipinski definition) is 1. The molecule has 0 aliphatic rings. The predicted molar refractivity (Wildman–Crippen MR) is 61.6 cm³/mol. The Balaban J connectivity index is 2.52. The van der Waals surface area contributed by atoms with Gasteiger partial charge >= 0.3 is 0 Å². The zero-order valence-electron chi connectivity index (χ0n) is 9.86. The van der Waals surface area contributed by atoms with Crippen molar-refractivity contribution in [2.45, 2.75) is 26.4 Å². The van der Waals surface area contributed by atoms with Crippen LogP contribution >= 0.6 is 0 Å². The summed E-state index contributed by atoms with van der Waals surface area (Å²) in [5.74, 6) is -0.436. The highest BCUT2D eigenvalue weighted by molar-refractivity contribution is 5.15. The maximum Gasteiger partial charge on any atom is 0.147 e. The van der Waals surface area contributed by atoms with E-state index in [1.54, 1.807) is 0 Å². The van der Waals surface area contributed by atoms with Gasteiger partial charge in [-0.2, -0.15) is 0 Å². The molecule has 0 saturated carbocycles. The minimum atomic E-state index is -0.747. The van der Waals surface area contributed by atoms with Gasteiger partial charge in [-0.25, -0.2) is 4.39 Å². The molecule has 1 N–H and O–H groups in total. The van der Waals surface area contributed by atoms with Crippen LogP contribution in [0.2, 0.25) is 0 Å². The smallest absolute Gasteiger partial charge is 0.147 e. The first kappa shape index (κ1) is 13.1. The number of aromatic nitrogens is 1. The van der Waals surface area contributed by atoms with Gasteiger partial charge in [0.25, 0.3) is 0 Å². The lowest BCUT2D eigenvalue weighted by molar-refractivity contribution is 0.141. The molecule has 0 amide bonds. The summed E-state index contributed by atoms with van der Waals surface area (Å²) in [5.41, 5.74) is 0.335. The largest absolute Gasteiger partial charge is 0.388 e. The molecule has 4 heteroatoms. The Hall–Kier alpha value is -1.00. The second-order valence-electron chi connectivity index (χ2n) is 3.73. The van der Waals surface area contributed by atoms with Crippen LogP contribution < -0.4 is 0 Å². The van der Waals surface area contributed by atoms with Gasteiger partial charge in [0, 0.05) is 18.3 Å². The van der Waals surface area contributed by atoms with Gasteiger partial charge in [-0.3, -0.25) is 4.98 Å².